The van der Waals surface area contributed by atoms with Gasteiger partial charge in [-0.2, -0.15) is 0 Å². The van der Waals surface area contributed by atoms with Crippen LogP contribution in [-0.2, 0) is 6.54 Å². The standard InChI is InChI=1S/C8H14N2/c1-7-3-4-8(2)10(7)6-5-9/h3-4H,5-6,9H2,1-2H3. The van der Waals surface area contributed by atoms with E-state index in [0.717, 1.165) is 13.1 Å². The molecule has 2 N–H and O–H groups in total. The molecule has 0 bridgehead atoms. The molecule has 0 radical (unpaired) electrons. The van der Waals surface area contributed by atoms with E-state index >= 15 is 0 Å². The maximum Gasteiger partial charge on any atom is 0.0347 e. The van der Waals surface area contributed by atoms with Crippen LogP contribution in [0, 0.1) is 13.8 Å². The molecule has 0 unspecified atom stereocenters. The van der Waals surface area contributed by atoms with E-state index in [0.29, 0.717) is 0 Å². The average molecular weight is 138 g/mol. The van der Waals surface area contributed by atoms with E-state index in [1.807, 2.05) is 0 Å². The van der Waals surface area contributed by atoms with Gasteiger partial charge in [0.2, 0.25) is 0 Å². The number of aromatic nitrogens is 1. The molecule has 0 aliphatic heterocycles. The van der Waals surface area contributed by atoms with Crippen LogP contribution in [0.5, 0.6) is 0 Å². The van der Waals surface area contributed by atoms with Crippen molar-refractivity contribution in [1.82, 2.24) is 4.57 Å². The number of hydrogen-bond acceptors (Lipinski definition) is 1. The van der Waals surface area contributed by atoms with Gasteiger partial charge in [0.15, 0.2) is 0 Å². The number of hydrogen-bond donors (Lipinski definition) is 1. The Kier molecular flexibility index (Phi) is 2.12. The lowest BCUT2D eigenvalue weighted by molar-refractivity contribution is 0.675. The molecule has 0 aliphatic rings. The second-order valence-electron chi connectivity index (χ2n) is 2.56. The van der Waals surface area contributed by atoms with Crippen molar-refractivity contribution in [3.8, 4) is 0 Å². The van der Waals surface area contributed by atoms with Gasteiger partial charge in [-0.1, -0.05) is 0 Å². The van der Waals surface area contributed by atoms with E-state index in [-0.39, 0.29) is 0 Å². The minimum absolute atomic E-state index is 0.719. The fraction of sp³-hybridized carbons (Fsp3) is 0.500. The molecule has 56 valence electrons. The average Bonchev–Trinajstić information content (AvgIpc) is 2.20. The zero-order valence-electron chi connectivity index (χ0n) is 6.59. The van der Waals surface area contributed by atoms with Crippen LogP contribution in [0.25, 0.3) is 0 Å². The van der Waals surface area contributed by atoms with E-state index in [9.17, 15) is 0 Å². The van der Waals surface area contributed by atoms with Crippen molar-refractivity contribution in [3.63, 3.8) is 0 Å². The van der Waals surface area contributed by atoms with E-state index in [1.165, 1.54) is 11.4 Å². The maximum absolute atomic E-state index is 5.44. The Morgan fingerprint density at radius 3 is 2.20 bits per heavy atom. The molecule has 2 heteroatoms. The van der Waals surface area contributed by atoms with E-state index in [1.54, 1.807) is 0 Å². The summed E-state index contributed by atoms with van der Waals surface area (Å²) in [6, 6.07) is 4.23. The summed E-state index contributed by atoms with van der Waals surface area (Å²) < 4.78 is 2.22. The zero-order valence-corrected chi connectivity index (χ0v) is 6.59. The SMILES string of the molecule is Cc1ccc(C)n1CCN. The molecule has 1 aromatic rings. The summed E-state index contributed by atoms with van der Waals surface area (Å²) in [5, 5.41) is 0. The Bertz CT molecular complexity index is 194. The van der Waals surface area contributed by atoms with Crippen molar-refractivity contribution >= 4 is 0 Å². The summed E-state index contributed by atoms with van der Waals surface area (Å²) in [6.45, 7) is 5.85. The van der Waals surface area contributed by atoms with Crippen molar-refractivity contribution in [2.75, 3.05) is 6.54 Å². The summed E-state index contributed by atoms with van der Waals surface area (Å²) >= 11 is 0. The van der Waals surface area contributed by atoms with Crippen molar-refractivity contribution in [2.45, 2.75) is 20.4 Å². The highest BCUT2D eigenvalue weighted by Gasteiger charge is 1.97. The van der Waals surface area contributed by atoms with Crippen LogP contribution in [0.4, 0.5) is 0 Å². The molecule has 2 nitrogen and oxygen atoms in total. The minimum atomic E-state index is 0.719. The van der Waals surface area contributed by atoms with Crippen LogP contribution in [-0.4, -0.2) is 11.1 Å². The largest absolute Gasteiger partial charge is 0.348 e. The van der Waals surface area contributed by atoms with Crippen LogP contribution in [0.2, 0.25) is 0 Å². The van der Waals surface area contributed by atoms with Gasteiger partial charge in [0.25, 0.3) is 0 Å². The monoisotopic (exact) mass is 138 g/mol. The summed E-state index contributed by atoms with van der Waals surface area (Å²) in [6.07, 6.45) is 0. The minimum Gasteiger partial charge on any atom is -0.348 e. The summed E-state index contributed by atoms with van der Waals surface area (Å²) in [4.78, 5) is 0. The molecular weight excluding hydrogens is 124 g/mol. The molecule has 1 aromatic heterocycles. The third-order valence-electron chi connectivity index (χ3n) is 1.77. The van der Waals surface area contributed by atoms with Gasteiger partial charge in [-0.25, -0.2) is 0 Å². The predicted molar refractivity (Wildman–Crippen MR) is 43.0 cm³/mol. The highest BCUT2D eigenvalue weighted by atomic mass is 15.0. The van der Waals surface area contributed by atoms with E-state index in [4.69, 9.17) is 5.73 Å². The zero-order chi connectivity index (χ0) is 7.56. The summed E-state index contributed by atoms with van der Waals surface area (Å²) in [5.74, 6) is 0. The smallest absolute Gasteiger partial charge is 0.0347 e. The molecule has 0 aliphatic carbocycles. The summed E-state index contributed by atoms with van der Waals surface area (Å²) in [5.41, 5.74) is 8.03. The Labute approximate surface area is 61.7 Å². The van der Waals surface area contributed by atoms with Gasteiger partial charge in [-0.3, -0.25) is 0 Å². The number of rotatable bonds is 2. The lowest BCUT2D eigenvalue weighted by atomic mass is 10.5. The lowest BCUT2D eigenvalue weighted by Gasteiger charge is -2.05. The first-order valence-electron chi connectivity index (χ1n) is 3.58. The number of nitrogens with two attached hydrogens (primary N) is 1. The quantitative estimate of drug-likeness (QED) is 0.651. The summed E-state index contributed by atoms with van der Waals surface area (Å²) in [7, 11) is 0. The molecule has 0 spiro atoms. The van der Waals surface area contributed by atoms with Gasteiger partial charge in [0.05, 0.1) is 0 Å². The first-order valence-corrected chi connectivity index (χ1v) is 3.58. The van der Waals surface area contributed by atoms with Crippen molar-refractivity contribution in [1.29, 1.82) is 0 Å². The first kappa shape index (κ1) is 7.35. The van der Waals surface area contributed by atoms with Gasteiger partial charge in [0, 0.05) is 24.5 Å². The predicted octanol–water partition coefficient (Wildman–Crippen LogP) is 1.06. The van der Waals surface area contributed by atoms with E-state index < -0.39 is 0 Å². The normalized spacial score (nSPS) is 10.3. The molecular formula is C8H14N2. The molecule has 0 fully saturated rings. The van der Waals surface area contributed by atoms with Gasteiger partial charge >= 0.3 is 0 Å². The molecule has 0 saturated carbocycles. The van der Waals surface area contributed by atoms with Crippen molar-refractivity contribution in [2.24, 2.45) is 5.73 Å². The molecule has 10 heavy (non-hydrogen) atoms. The van der Waals surface area contributed by atoms with Gasteiger partial charge < -0.3 is 10.3 Å². The van der Waals surface area contributed by atoms with Gasteiger partial charge in [-0.05, 0) is 26.0 Å². The fourth-order valence-electron chi connectivity index (χ4n) is 1.18. The van der Waals surface area contributed by atoms with Crippen LogP contribution in [0.3, 0.4) is 0 Å². The highest BCUT2D eigenvalue weighted by Crippen LogP contribution is 2.05. The molecule has 1 rings (SSSR count). The topological polar surface area (TPSA) is 30.9 Å². The van der Waals surface area contributed by atoms with Crippen LogP contribution < -0.4 is 5.73 Å². The number of nitrogens with zero attached hydrogens (tertiary/aromatic N) is 1. The third kappa shape index (κ3) is 1.21. The first-order chi connectivity index (χ1) is 4.75. The Morgan fingerprint density at radius 2 is 1.80 bits per heavy atom. The molecule has 0 amide bonds. The Balaban J connectivity index is 2.87. The third-order valence-corrected chi connectivity index (χ3v) is 1.77. The second kappa shape index (κ2) is 2.88. The van der Waals surface area contributed by atoms with Crippen LogP contribution in [0.15, 0.2) is 12.1 Å². The van der Waals surface area contributed by atoms with E-state index in [2.05, 4.69) is 30.5 Å². The Morgan fingerprint density at radius 1 is 1.30 bits per heavy atom. The highest BCUT2D eigenvalue weighted by molar-refractivity contribution is 5.13. The molecule has 0 saturated heterocycles. The molecule has 0 aromatic carbocycles. The van der Waals surface area contributed by atoms with Crippen LogP contribution in [0.1, 0.15) is 11.4 Å². The maximum atomic E-state index is 5.44. The lowest BCUT2D eigenvalue weighted by Crippen LogP contribution is -2.11. The van der Waals surface area contributed by atoms with Crippen molar-refractivity contribution in [3.05, 3.63) is 23.5 Å². The number of aryl methyl sites for hydroxylation is 2. The van der Waals surface area contributed by atoms with Gasteiger partial charge in [-0.15, -0.1) is 0 Å². The molecule has 0 atom stereocenters. The van der Waals surface area contributed by atoms with Crippen LogP contribution >= 0.6 is 0 Å². The van der Waals surface area contributed by atoms with Crippen molar-refractivity contribution < 1.29 is 0 Å². The fourth-order valence-corrected chi connectivity index (χ4v) is 1.18. The van der Waals surface area contributed by atoms with Gasteiger partial charge in [0.1, 0.15) is 0 Å². The second-order valence-corrected chi connectivity index (χ2v) is 2.56. The molecule has 1 heterocycles. The Hall–Kier alpha value is -0.760.